The molecule has 0 saturated heterocycles. The molecule has 1 saturated carbocycles. The van der Waals surface area contributed by atoms with Gasteiger partial charge in [-0.1, -0.05) is 0 Å². The van der Waals surface area contributed by atoms with Gasteiger partial charge in [-0.15, -0.1) is 0 Å². The number of hydrogen-bond donors (Lipinski definition) is 2. The molecule has 1 unspecified atom stereocenters. The summed E-state index contributed by atoms with van der Waals surface area (Å²) in [4.78, 5) is 11.1. The van der Waals surface area contributed by atoms with Crippen LogP contribution in [0.3, 0.4) is 0 Å². The first-order valence-electron chi connectivity index (χ1n) is 4.49. The number of aliphatic hydroxyl groups excluding tert-OH is 1. The van der Waals surface area contributed by atoms with Gasteiger partial charge in [0.25, 0.3) is 0 Å². The van der Waals surface area contributed by atoms with E-state index in [0.717, 1.165) is 12.8 Å². The third-order valence-corrected chi connectivity index (χ3v) is 2.36. The highest BCUT2D eigenvalue weighted by atomic mass is 16.3. The Morgan fingerprint density at radius 3 is 2.85 bits per heavy atom. The molecule has 0 spiro atoms. The van der Waals surface area contributed by atoms with E-state index in [4.69, 9.17) is 10.4 Å². The number of nitrogens with one attached hydrogen (secondary N) is 1. The second kappa shape index (κ2) is 4.24. The first kappa shape index (κ1) is 10.0. The second-order valence-corrected chi connectivity index (χ2v) is 3.59. The van der Waals surface area contributed by atoms with Crippen molar-refractivity contribution in [2.45, 2.75) is 25.9 Å². The smallest absolute Gasteiger partial charge is 0.237 e. The van der Waals surface area contributed by atoms with Gasteiger partial charge in [-0.25, -0.2) is 0 Å². The molecule has 0 aromatic rings. The number of amides is 1. The minimum Gasteiger partial charge on any atom is -0.393 e. The summed E-state index contributed by atoms with van der Waals surface area (Å²) in [5, 5.41) is 20.1. The molecule has 1 fully saturated rings. The summed E-state index contributed by atoms with van der Waals surface area (Å²) < 4.78 is 0. The third kappa shape index (κ3) is 2.71. The van der Waals surface area contributed by atoms with E-state index in [2.05, 4.69) is 5.32 Å². The molecule has 0 radical (unpaired) electrons. The molecular weight excluding hydrogens is 168 g/mol. The van der Waals surface area contributed by atoms with E-state index in [1.807, 2.05) is 6.07 Å². The number of nitriles is 1. The topological polar surface area (TPSA) is 73.1 Å². The maximum absolute atomic E-state index is 11.1. The van der Waals surface area contributed by atoms with Crippen LogP contribution in [0.5, 0.6) is 0 Å². The molecule has 0 heterocycles. The Morgan fingerprint density at radius 2 is 2.38 bits per heavy atom. The van der Waals surface area contributed by atoms with Crippen molar-refractivity contribution in [3.8, 4) is 6.07 Å². The average molecular weight is 182 g/mol. The normalized spacial score (nSPS) is 28.4. The summed E-state index contributed by atoms with van der Waals surface area (Å²) in [5.74, 6) is -0.404. The molecule has 0 aliphatic heterocycles. The average Bonchev–Trinajstić information content (AvgIpc) is 2.08. The Hall–Kier alpha value is -1.08. The fourth-order valence-corrected chi connectivity index (χ4v) is 1.32. The summed E-state index contributed by atoms with van der Waals surface area (Å²) in [6, 6.07) is 1.87. The number of nitrogens with zero attached hydrogens (tertiary/aromatic N) is 1. The van der Waals surface area contributed by atoms with E-state index < -0.39 is 5.92 Å². The summed E-state index contributed by atoms with van der Waals surface area (Å²) in [7, 11) is 0. The van der Waals surface area contributed by atoms with E-state index in [9.17, 15) is 4.79 Å². The number of aliphatic hydroxyl groups is 1. The Bertz CT molecular complexity index is 228. The fourth-order valence-electron chi connectivity index (χ4n) is 1.32. The van der Waals surface area contributed by atoms with Crippen LogP contribution < -0.4 is 5.32 Å². The molecule has 1 aliphatic rings. The van der Waals surface area contributed by atoms with Crippen LogP contribution in [0.1, 0.15) is 19.8 Å². The minimum atomic E-state index is -0.579. The fraction of sp³-hybridized carbons (Fsp3) is 0.778. The van der Waals surface area contributed by atoms with Crippen LogP contribution in [0.2, 0.25) is 0 Å². The van der Waals surface area contributed by atoms with E-state index in [0.29, 0.717) is 12.5 Å². The number of carbonyl (C=O) groups is 1. The SMILES string of the molecule is CC(C#N)C(=O)NCC1CC(O)C1. The summed E-state index contributed by atoms with van der Waals surface area (Å²) in [6.07, 6.45) is 1.35. The molecular formula is C9H14N2O2. The molecule has 1 rings (SSSR count). The Morgan fingerprint density at radius 1 is 1.77 bits per heavy atom. The highest BCUT2D eigenvalue weighted by Crippen LogP contribution is 2.26. The first-order valence-corrected chi connectivity index (χ1v) is 4.49. The lowest BCUT2D eigenvalue weighted by atomic mass is 9.82. The molecule has 0 bridgehead atoms. The largest absolute Gasteiger partial charge is 0.393 e. The van der Waals surface area contributed by atoms with Crippen LogP contribution >= 0.6 is 0 Å². The monoisotopic (exact) mass is 182 g/mol. The maximum Gasteiger partial charge on any atom is 0.237 e. The third-order valence-electron chi connectivity index (χ3n) is 2.36. The van der Waals surface area contributed by atoms with E-state index in [-0.39, 0.29) is 12.0 Å². The van der Waals surface area contributed by atoms with Gasteiger partial charge < -0.3 is 10.4 Å². The van der Waals surface area contributed by atoms with Gasteiger partial charge in [-0.3, -0.25) is 4.79 Å². The maximum atomic E-state index is 11.1. The van der Waals surface area contributed by atoms with Crippen LogP contribution in [0.4, 0.5) is 0 Å². The van der Waals surface area contributed by atoms with Crippen molar-refractivity contribution in [3.05, 3.63) is 0 Å². The molecule has 13 heavy (non-hydrogen) atoms. The van der Waals surface area contributed by atoms with Gasteiger partial charge in [0.05, 0.1) is 12.2 Å². The van der Waals surface area contributed by atoms with Crippen LogP contribution in [0.15, 0.2) is 0 Å². The molecule has 72 valence electrons. The van der Waals surface area contributed by atoms with Crippen LogP contribution in [0, 0.1) is 23.2 Å². The number of hydrogen-bond acceptors (Lipinski definition) is 3. The minimum absolute atomic E-state index is 0.185. The van der Waals surface area contributed by atoms with Crippen molar-refractivity contribution >= 4 is 5.91 Å². The van der Waals surface area contributed by atoms with E-state index >= 15 is 0 Å². The second-order valence-electron chi connectivity index (χ2n) is 3.59. The van der Waals surface area contributed by atoms with E-state index in [1.165, 1.54) is 0 Å². The molecule has 1 amide bonds. The van der Waals surface area contributed by atoms with Crippen molar-refractivity contribution in [1.82, 2.24) is 5.32 Å². The van der Waals surface area contributed by atoms with Crippen molar-refractivity contribution < 1.29 is 9.90 Å². The predicted molar refractivity (Wildman–Crippen MR) is 46.5 cm³/mol. The molecule has 4 heteroatoms. The lowest BCUT2D eigenvalue weighted by Crippen LogP contribution is -2.39. The van der Waals surface area contributed by atoms with Crippen molar-refractivity contribution in [1.29, 1.82) is 5.26 Å². The van der Waals surface area contributed by atoms with Gasteiger partial charge in [0.2, 0.25) is 5.91 Å². The number of rotatable bonds is 3. The van der Waals surface area contributed by atoms with Crippen molar-refractivity contribution in [2.75, 3.05) is 6.54 Å². The van der Waals surface area contributed by atoms with Crippen LogP contribution in [-0.4, -0.2) is 23.7 Å². The van der Waals surface area contributed by atoms with Crippen LogP contribution in [-0.2, 0) is 4.79 Å². The standard InChI is InChI=1S/C9H14N2O2/c1-6(4-10)9(13)11-5-7-2-8(12)3-7/h6-8,12H,2-3,5H2,1H3,(H,11,13). The molecule has 1 atom stereocenters. The highest BCUT2D eigenvalue weighted by Gasteiger charge is 2.27. The van der Waals surface area contributed by atoms with Crippen LogP contribution in [0.25, 0.3) is 0 Å². The van der Waals surface area contributed by atoms with E-state index in [1.54, 1.807) is 6.92 Å². The summed E-state index contributed by atoms with van der Waals surface area (Å²) in [6.45, 7) is 2.16. The summed E-state index contributed by atoms with van der Waals surface area (Å²) in [5.41, 5.74) is 0. The van der Waals surface area contributed by atoms with Gasteiger partial charge in [-0.2, -0.15) is 5.26 Å². The van der Waals surface area contributed by atoms with Gasteiger partial charge in [0.1, 0.15) is 5.92 Å². The quantitative estimate of drug-likeness (QED) is 0.647. The molecule has 4 nitrogen and oxygen atoms in total. The lowest BCUT2D eigenvalue weighted by molar-refractivity contribution is -0.123. The molecule has 0 aromatic heterocycles. The van der Waals surface area contributed by atoms with Gasteiger partial charge in [-0.05, 0) is 25.7 Å². The molecule has 2 N–H and O–H groups in total. The Labute approximate surface area is 77.6 Å². The van der Waals surface area contributed by atoms with Crippen molar-refractivity contribution in [2.24, 2.45) is 11.8 Å². The zero-order valence-electron chi connectivity index (χ0n) is 7.66. The predicted octanol–water partition coefficient (Wildman–Crippen LogP) is 0.0332. The molecule has 1 aliphatic carbocycles. The number of carbonyl (C=O) groups excluding carboxylic acids is 1. The first-order chi connectivity index (χ1) is 6.13. The zero-order valence-corrected chi connectivity index (χ0v) is 7.66. The zero-order chi connectivity index (χ0) is 9.84. The van der Waals surface area contributed by atoms with Gasteiger partial charge in [0.15, 0.2) is 0 Å². The highest BCUT2D eigenvalue weighted by molar-refractivity contribution is 5.80. The van der Waals surface area contributed by atoms with Crippen molar-refractivity contribution in [3.63, 3.8) is 0 Å². The molecule has 0 aromatic carbocycles. The van der Waals surface area contributed by atoms with Gasteiger partial charge >= 0.3 is 0 Å². The van der Waals surface area contributed by atoms with Gasteiger partial charge in [0, 0.05) is 6.54 Å². The summed E-state index contributed by atoms with van der Waals surface area (Å²) >= 11 is 0. The lowest BCUT2D eigenvalue weighted by Gasteiger charge is -2.31. The Kier molecular flexibility index (Phi) is 3.26. The Balaban J connectivity index is 2.13.